The first-order valence-electron chi connectivity index (χ1n) is 7.19. The Morgan fingerprint density at radius 2 is 1.90 bits per heavy atom. The van der Waals surface area contributed by atoms with E-state index in [2.05, 4.69) is 0 Å². The van der Waals surface area contributed by atoms with E-state index < -0.39 is 17.8 Å². The molecule has 0 spiro atoms. The van der Waals surface area contributed by atoms with Gasteiger partial charge in [0.15, 0.2) is 0 Å². The summed E-state index contributed by atoms with van der Waals surface area (Å²) in [6.07, 6.45) is 3.01. The van der Waals surface area contributed by atoms with Crippen molar-refractivity contribution >= 4 is 17.6 Å². The number of carboxylic acid groups (broad SMARTS) is 1. The third-order valence-electron chi connectivity index (χ3n) is 4.17. The number of carbonyl (C=O) groups is 2. The number of anilines is 1. The molecule has 1 N–H and O–H groups in total. The number of nitrogens with zero attached hydrogens (tertiary/aromatic N) is 1. The van der Waals surface area contributed by atoms with Crippen LogP contribution in [-0.4, -0.2) is 31.1 Å². The van der Waals surface area contributed by atoms with Crippen LogP contribution in [0.15, 0.2) is 24.3 Å². The van der Waals surface area contributed by atoms with Crippen LogP contribution in [0, 0.1) is 11.8 Å². The van der Waals surface area contributed by atoms with Crippen LogP contribution < -0.4 is 9.64 Å². The normalized spacial score (nSPS) is 21.6. The van der Waals surface area contributed by atoms with Crippen molar-refractivity contribution in [2.45, 2.75) is 25.7 Å². The summed E-state index contributed by atoms with van der Waals surface area (Å²) in [4.78, 5) is 25.5. The molecule has 1 aliphatic rings. The minimum absolute atomic E-state index is 0.129. The molecule has 2 atom stereocenters. The number of carbonyl (C=O) groups excluding carboxylic acids is 1. The number of amides is 1. The van der Waals surface area contributed by atoms with E-state index in [4.69, 9.17) is 4.74 Å². The Morgan fingerprint density at radius 3 is 2.52 bits per heavy atom. The molecule has 1 fully saturated rings. The van der Waals surface area contributed by atoms with Crippen molar-refractivity contribution < 1.29 is 19.4 Å². The van der Waals surface area contributed by atoms with Crippen LogP contribution in [-0.2, 0) is 9.59 Å². The van der Waals surface area contributed by atoms with Gasteiger partial charge < -0.3 is 14.7 Å². The van der Waals surface area contributed by atoms with Crippen LogP contribution in [0.25, 0.3) is 0 Å². The van der Waals surface area contributed by atoms with Crippen molar-refractivity contribution in [1.29, 1.82) is 0 Å². The number of carboxylic acids is 1. The first-order valence-corrected chi connectivity index (χ1v) is 7.19. The minimum Gasteiger partial charge on any atom is -0.497 e. The molecule has 1 aliphatic carbocycles. The zero-order valence-electron chi connectivity index (χ0n) is 12.4. The van der Waals surface area contributed by atoms with Crippen molar-refractivity contribution in [2.75, 3.05) is 19.1 Å². The smallest absolute Gasteiger partial charge is 0.307 e. The Balaban J connectivity index is 2.18. The van der Waals surface area contributed by atoms with Gasteiger partial charge in [0.1, 0.15) is 5.75 Å². The third-order valence-corrected chi connectivity index (χ3v) is 4.17. The van der Waals surface area contributed by atoms with Crippen LogP contribution in [0.2, 0.25) is 0 Å². The molecular formula is C16H21NO4. The van der Waals surface area contributed by atoms with E-state index in [1.54, 1.807) is 20.2 Å². The lowest BCUT2D eigenvalue weighted by molar-refractivity contribution is -0.148. The fourth-order valence-corrected chi connectivity index (χ4v) is 2.92. The highest BCUT2D eigenvalue weighted by Gasteiger charge is 2.37. The Labute approximate surface area is 124 Å². The minimum atomic E-state index is -0.868. The number of methoxy groups -OCH3 is 1. The number of ether oxygens (including phenoxy) is 1. The average Bonchev–Trinajstić information content (AvgIpc) is 2.53. The summed E-state index contributed by atoms with van der Waals surface area (Å²) in [5.74, 6) is -1.33. The summed E-state index contributed by atoms with van der Waals surface area (Å²) >= 11 is 0. The van der Waals surface area contributed by atoms with E-state index in [0.29, 0.717) is 24.3 Å². The Morgan fingerprint density at radius 1 is 1.24 bits per heavy atom. The fourth-order valence-electron chi connectivity index (χ4n) is 2.92. The molecule has 0 radical (unpaired) electrons. The molecule has 5 heteroatoms. The predicted molar refractivity (Wildman–Crippen MR) is 79.5 cm³/mol. The van der Waals surface area contributed by atoms with Gasteiger partial charge >= 0.3 is 5.97 Å². The number of hydrogen-bond donors (Lipinski definition) is 1. The quantitative estimate of drug-likeness (QED) is 0.925. The van der Waals surface area contributed by atoms with Gasteiger partial charge in [0.05, 0.1) is 18.9 Å². The summed E-state index contributed by atoms with van der Waals surface area (Å²) in [7, 11) is 3.26. The molecular weight excluding hydrogens is 270 g/mol. The Bertz CT molecular complexity index is 529. The van der Waals surface area contributed by atoms with Gasteiger partial charge in [0.25, 0.3) is 0 Å². The molecule has 0 heterocycles. The molecule has 5 nitrogen and oxygen atoms in total. The second-order valence-electron chi connectivity index (χ2n) is 5.43. The van der Waals surface area contributed by atoms with Crippen molar-refractivity contribution in [1.82, 2.24) is 0 Å². The molecule has 2 rings (SSSR count). The van der Waals surface area contributed by atoms with Gasteiger partial charge in [0.2, 0.25) is 5.91 Å². The summed E-state index contributed by atoms with van der Waals surface area (Å²) in [6, 6.07) is 7.21. The van der Waals surface area contributed by atoms with Gasteiger partial charge in [-0.1, -0.05) is 18.9 Å². The first-order chi connectivity index (χ1) is 10.0. The third kappa shape index (κ3) is 3.35. The Hall–Kier alpha value is -2.04. The SMILES string of the molecule is COc1cccc(N(C)C(=O)[C@@H]2CCCC[C@@H]2C(=O)O)c1. The standard InChI is InChI=1S/C16H21NO4/c1-17(11-6-5-7-12(10-11)21-2)15(18)13-8-3-4-9-14(13)16(19)20/h5-7,10,13-14H,3-4,8-9H2,1-2H3,(H,19,20)/t13-,14+/m1/s1. The van der Waals surface area contributed by atoms with E-state index in [0.717, 1.165) is 12.8 Å². The lowest BCUT2D eigenvalue weighted by atomic mass is 9.78. The number of hydrogen-bond acceptors (Lipinski definition) is 3. The number of aliphatic carboxylic acids is 1. The molecule has 114 valence electrons. The second-order valence-corrected chi connectivity index (χ2v) is 5.43. The van der Waals surface area contributed by atoms with E-state index in [-0.39, 0.29) is 5.91 Å². The summed E-state index contributed by atoms with van der Waals surface area (Å²) in [5.41, 5.74) is 0.717. The molecule has 1 aromatic rings. The highest BCUT2D eigenvalue weighted by molar-refractivity contribution is 5.97. The summed E-state index contributed by atoms with van der Waals surface area (Å²) in [6.45, 7) is 0. The van der Waals surface area contributed by atoms with Gasteiger partial charge in [-0.25, -0.2) is 0 Å². The molecule has 1 saturated carbocycles. The van der Waals surface area contributed by atoms with E-state index in [1.165, 1.54) is 4.90 Å². The van der Waals surface area contributed by atoms with E-state index >= 15 is 0 Å². The van der Waals surface area contributed by atoms with Gasteiger partial charge in [-0.15, -0.1) is 0 Å². The molecule has 21 heavy (non-hydrogen) atoms. The van der Waals surface area contributed by atoms with Gasteiger partial charge in [-0.2, -0.15) is 0 Å². The number of rotatable bonds is 4. The van der Waals surface area contributed by atoms with Crippen LogP contribution in [0.3, 0.4) is 0 Å². The lowest BCUT2D eigenvalue weighted by Crippen LogP contribution is -2.40. The lowest BCUT2D eigenvalue weighted by Gasteiger charge is -2.31. The molecule has 1 aromatic carbocycles. The van der Waals surface area contributed by atoms with Crippen molar-refractivity contribution in [3.05, 3.63) is 24.3 Å². The van der Waals surface area contributed by atoms with Crippen molar-refractivity contribution in [3.63, 3.8) is 0 Å². The molecule has 0 bridgehead atoms. The van der Waals surface area contributed by atoms with Crippen molar-refractivity contribution in [2.24, 2.45) is 11.8 Å². The zero-order chi connectivity index (χ0) is 15.4. The van der Waals surface area contributed by atoms with Crippen LogP contribution in [0.5, 0.6) is 5.75 Å². The van der Waals surface area contributed by atoms with Crippen molar-refractivity contribution in [3.8, 4) is 5.75 Å². The maximum absolute atomic E-state index is 12.6. The monoisotopic (exact) mass is 291 g/mol. The average molecular weight is 291 g/mol. The highest BCUT2D eigenvalue weighted by Crippen LogP contribution is 2.33. The van der Waals surface area contributed by atoms with Crippen LogP contribution in [0.4, 0.5) is 5.69 Å². The maximum atomic E-state index is 12.6. The largest absolute Gasteiger partial charge is 0.497 e. The van der Waals surface area contributed by atoms with Gasteiger partial charge in [-0.05, 0) is 25.0 Å². The molecule has 0 unspecified atom stereocenters. The summed E-state index contributed by atoms with van der Waals surface area (Å²) < 4.78 is 5.16. The topological polar surface area (TPSA) is 66.8 Å². The van der Waals surface area contributed by atoms with Crippen LogP contribution >= 0.6 is 0 Å². The number of benzene rings is 1. The van der Waals surface area contributed by atoms with Gasteiger partial charge in [0, 0.05) is 18.8 Å². The molecule has 0 aromatic heterocycles. The summed E-state index contributed by atoms with van der Waals surface area (Å²) in [5, 5.41) is 9.30. The van der Waals surface area contributed by atoms with E-state index in [1.807, 2.05) is 18.2 Å². The Kier molecular flexibility index (Phi) is 4.83. The molecule has 0 saturated heterocycles. The maximum Gasteiger partial charge on any atom is 0.307 e. The van der Waals surface area contributed by atoms with E-state index in [9.17, 15) is 14.7 Å². The van der Waals surface area contributed by atoms with Gasteiger partial charge in [-0.3, -0.25) is 9.59 Å². The molecule has 0 aliphatic heterocycles. The second kappa shape index (κ2) is 6.61. The fraction of sp³-hybridized carbons (Fsp3) is 0.500. The first kappa shape index (κ1) is 15.4. The highest BCUT2D eigenvalue weighted by atomic mass is 16.5. The zero-order valence-corrected chi connectivity index (χ0v) is 12.4. The van der Waals surface area contributed by atoms with Crippen LogP contribution in [0.1, 0.15) is 25.7 Å². The molecule has 1 amide bonds. The predicted octanol–water partition coefficient (Wildman–Crippen LogP) is 2.55.